The van der Waals surface area contributed by atoms with Crippen molar-refractivity contribution in [2.75, 3.05) is 27.2 Å². The lowest BCUT2D eigenvalue weighted by Crippen LogP contribution is -2.27. The number of para-hydroxylation sites is 2. The Kier molecular flexibility index (Phi) is 6.82. The first-order valence-electron chi connectivity index (χ1n) is 9.94. The van der Waals surface area contributed by atoms with Gasteiger partial charge in [-0.2, -0.15) is 0 Å². The Hall–Kier alpha value is -2.66. The lowest BCUT2D eigenvalue weighted by molar-refractivity contribution is -0.121. The van der Waals surface area contributed by atoms with Gasteiger partial charge < -0.3 is 14.8 Å². The molecular weight excluding hydrogens is 348 g/mol. The molecule has 0 fully saturated rings. The monoisotopic (exact) mass is 378 g/mol. The summed E-state index contributed by atoms with van der Waals surface area (Å²) in [5.74, 6) is 1.12. The number of hydrogen-bond donors (Lipinski definition) is 1. The largest absolute Gasteiger partial charge is 0.356 e. The Morgan fingerprint density at radius 3 is 2.57 bits per heavy atom. The number of benzene rings is 2. The minimum atomic E-state index is 0.0940. The van der Waals surface area contributed by atoms with E-state index in [2.05, 4.69) is 66.1 Å². The molecule has 0 aliphatic carbocycles. The molecular formula is C23H30N4O. The van der Waals surface area contributed by atoms with Crippen LogP contribution >= 0.6 is 0 Å². The smallest absolute Gasteiger partial charge is 0.220 e. The number of aromatic nitrogens is 2. The summed E-state index contributed by atoms with van der Waals surface area (Å²) in [6.45, 7) is 4.53. The van der Waals surface area contributed by atoms with Gasteiger partial charge in [-0.15, -0.1) is 0 Å². The molecule has 0 radical (unpaired) electrons. The highest BCUT2D eigenvalue weighted by molar-refractivity contribution is 5.77. The van der Waals surface area contributed by atoms with Crippen molar-refractivity contribution in [2.45, 2.75) is 32.7 Å². The maximum atomic E-state index is 12.2. The molecule has 1 aromatic heterocycles. The Labute approximate surface area is 167 Å². The highest BCUT2D eigenvalue weighted by atomic mass is 16.1. The number of nitrogens with one attached hydrogen (secondary N) is 1. The molecule has 0 saturated carbocycles. The zero-order valence-electron chi connectivity index (χ0n) is 17.1. The number of rotatable bonds is 9. The van der Waals surface area contributed by atoms with E-state index in [-0.39, 0.29) is 5.91 Å². The van der Waals surface area contributed by atoms with Crippen molar-refractivity contribution in [1.29, 1.82) is 0 Å². The molecule has 0 bridgehead atoms. The van der Waals surface area contributed by atoms with Crippen molar-refractivity contribution in [3.05, 3.63) is 65.5 Å². The zero-order chi connectivity index (χ0) is 19.9. The van der Waals surface area contributed by atoms with Crippen LogP contribution < -0.4 is 5.32 Å². The summed E-state index contributed by atoms with van der Waals surface area (Å²) >= 11 is 0. The number of nitrogens with zero attached hydrogens (tertiary/aromatic N) is 3. The van der Waals surface area contributed by atoms with Crippen LogP contribution in [0.3, 0.4) is 0 Å². The van der Waals surface area contributed by atoms with E-state index in [9.17, 15) is 4.79 Å². The lowest BCUT2D eigenvalue weighted by atomic mass is 10.1. The summed E-state index contributed by atoms with van der Waals surface area (Å²) in [7, 11) is 4.15. The Balaban J connectivity index is 1.54. The second kappa shape index (κ2) is 9.51. The predicted octanol–water partition coefficient (Wildman–Crippen LogP) is 3.20. The van der Waals surface area contributed by atoms with E-state index in [1.165, 1.54) is 11.1 Å². The fourth-order valence-corrected chi connectivity index (χ4v) is 3.28. The van der Waals surface area contributed by atoms with Crippen molar-refractivity contribution < 1.29 is 4.79 Å². The molecule has 0 saturated heterocycles. The summed E-state index contributed by atoms with van der Waals surface area (Å²) in [6, 6.07) is 16.6. The quantitative estimate of drug-likeness (QED) is 0.622. The van der Waals surface area contributed by atoms with E-state index in [1.807, 2.05) is 18.2 Å². The van der Waals surface area contributed by atoms with Crippen LogP contribution in [-0.2, 0) is 24.2 Å². The molecule has 5 nitrogen and oxygen atoms in total. The third-order valence-electron chi connectivity index (χ3n) is 4.94. The van der Waals surface area contributed by atoms with Crippen LogP contribution in [0, 0.1) is 6.92 Å². The first-order valence-corrected chi connectivity index (χ1v) is 9.94. The van der Waals surface area contributed by atoms with E-state index in [0.29, 0.717) is 13.0 Å². The molecule has 1 N–H and O–H groups in total. The van der Waals surface area contributed by atoms with Gasteiger partial charge in [0.1, 0.15) is 5.82 Å². The van der Waals surface area contributed by atoms with Crippen LogP contribution in [0.1, 0.15) is 23.4 Å². The van der Waals surface area contributed by atoms with Gasteiger partial charge in [0.2, 0.25) is 5.91 Å². The summed E-state index contributed by atoms with van der Waals surface area (Å²) in [4.78, 5) is 19.2. The maximum absolute atomic E-state index is 12.2. The molecule has 148 valence electrons. The van der Waals surface area contributed by atoms with E-state index >= 15 is 0 Å². The molecule has 3 rings (SSSR count). The normalized spacial score (nSPS) is 11.3. The van der Waals surface area contributed by atoms with Gasteiger partial charge in [-0.3, -0.25) is 4.79 Å². The number of likely N-dealkylation sites (N-methyl/N-ethyl adjacent to an activating group) is 1. The van der Waals surface area contributed by atoms with Crippen molar-refractivity contribution in [2.24, 2.45) is 0 Å². The van der Waals surface area contributed by atoms with Crippen molar-refractivity contribution in [3.63, 3.8) is 0 Å². The Morgan fingerprint density at radius 2 is 1.82 bits per heavy atom. The number of carbonyl (C=O) groups excluding carboxylic acids is 1. The number of carbonyl (C=O) groups is 1. The number of imidazole rings is 1. The van der Waals surface area contributed by atoms with E-state index in [4.69, 9.17) is 4.98 Å². The fraction of sp³-hybridized carbons (Fsp3) is 0.391. The second-order valence-electron chi connectivity index (χ2n) is 7.56. The van der Waals surface area contributed by atoms with E-state index < -0.39 is 0 Å². The fourth-order valence-electron chi connectivity index (χ4n) is 3.28. The molecule has 2 aromatic carbocycles. The first kappa shape index (κ1) is 20.1. The molecule has 1 amide bonds. The van der Waals surface area contributed by atoms with Gasteiger partial charge in [0.15, 0.2) is 0 Å². The van der Waals surface area contributed by atoms with E-state index in [1.54, 1.807) is 0 Å². The molecule has 28 heavy (non-hydrogen) atoms. The summed E-state index contributed by atoms with van der Waals surface area (Å²) in [5.41, 5.74) is 4.61. The third-order valence-corrected chi connectivity index (χ3v) is 4.94. The first-order chi connectivity index (χ1) is 13.5. The molecule has 3 aromatic rings. The maximum Gasteiger partial charge on any atom is 0.220 e. The SMILES string of the molecule is Cc1ccc(CCC(=O)NCCc2nc3ccccc3n2CCN(C)C)cc1. The van der Waals surface area contributed by atoms with E-state index in [0.717, 1.165) is 42.8 Å². The molecule has 0 aliphatic heterocycles. The molecule has 0 aliphatic rings. The van der Waals surface area contributed by atoms with Gasteiger partial charge in [0.05, 0.1) is 11.0 Å². The number of aryl methyl sites for hydroxylation is 2. The van der Waals surface area contributed by atoms with Gasteiger partial charge >= 0.3 is 0 Å². The standard InChI is InChI=1S/C23H30N4O/c1-18-8-10-19(11-9-18)12-13-23(28)24-15-14-22-25-20-6-4-5-7-21(20)27(22)17-16-26(2)3/h4-11H,12-17H2,1-3H3,(H,24,28). The summed E-state index contributed by atoms with van der Waals surface area (Å²) in [6.07, 6.45) is 2.02. The van der Waals surface area contributed by atoms with Crippen LogP contribution in [0.4, 0.5) is 0 Å². The molecule has 5 heteroatoms. The molecule has 0 unspecified atom stereocenters. The minimum absolute atomic E-state index is 0.0940. The topological polar surface area (TPSA) is 50.2 Å². The average Bonchev–Trinajstić information content (AvgIpc) is 3.03. The van der Waals surface area contributed by atoms with Gasteiger partial charge in [-0.05, 0) is 45.1 Å². The number of hydrogen-bond acceptors (Lipinski definition) is 3. The number of amides is 1. The second-order valence-corrected chi connectivity index (χ2v) is 7.56. The van der Waals surface area contributed by atoms with Crippen molar-refractivity contribution in [3.8, 4) is 0 Å². The van der Waals surface area contributed by atoms with Crippen LogP contribution in [0.5, 0.6) is 0 Å². The van der Waals surface area contributed by atoms with Crippen LogP contribution in [0.15, 0.2) is 48.5 Å². The number of fused-ring (bicyclic) bond motifs is 1. The molecule has 0 spiro atoms. The molecule has 1 heterocycles. The minimum Gasteiger partial charge on any atom is -0.356 e. The van der Waals surface area contributed by atoms with Crippen LogP contribution in [-0.4, -0.2) is 47.5 Å². The zero-order valence-corrected chi connectivity index (χ0v) is 17.1. The summed E-state index contributed by atoms with van der Waals surface area (Å²) in [5, 5.41) is 3.05. The van der Waals surface area contributed by atoms with Gasteiger partial charge in [-0.25, -0.2) is 4.98 Å². The van der Waals surface area contributed by atoms with Gasteiger partial charge in [-0.1, -0.05) is 42.0 Å². The Morgan fingerprint density at radius 1 is 1.07 bits per heavy atom. The van der Waals surface area contributed by atoms with Crippen molar-refractivity contribution in [1.82, 2.24) is 19.8 Å². The predicted molar refractivity (Wildman–Crippen MR) is 115 cm³/mol. The summed E-state index contributed by atoms with van der Waals surface area (Å²) < 4.78 is 2.27. The highest BCUT2D eigenvalue weighted by Gasteiger charge is 2.11. The highest BCUT2D eigenvalue weighted by Crippen LogP contribution is 2.16. The van der Waals surface area contributed by atoms with Crippen LogP contribution in [0.25, 0.3) is 11.0 Å². The van der Waals surface area contributed by atoms with Gasteiger partial charge in [0.25, 0.3) is 0 Å². The Bertz CT molecular complexity index is 912. The van der Waals surface area contributed by atoms with Crippen LogP contribution in [0.2, 0.25) is 0 Å². The third kappa shape index (κ3) is 5.42. The van der Waals surface area contributed by atoms with Crippen molar-refractivity contribution >= 4 is 16.9 Å². The lowest BCUT2D eigenvalue weighted by Gasteiger charge is -2.13. The molecule has 0 atom stereocenters. The van der Waals surface area contributed by atoms with Gasteiger partial charge in [0, 0.05) is 32.5 Å². The average molecular weight is 379 g/mol.